The number of rotatable bonds is 6. The number of piperidine rings is 2. The highest BCUT2D eigenvalue weighted by Crippen LogP contribution is 2.20. The van der Waals surface area contributed by atoms with Crippen molar-refractivity contribution in [2.24, 2.45) is 0 Å². The number of nitrogens with one attached hydrogen (secondary N) is 2. The molecule has 2 N–H and O–H groups in total. The summed E-state index contributed by atoms with van der Waals surface area (Å²) in [5, 5.41) is 6.67. The van der Waals surface area contributed by atoms with Crippen molar-refractivity contribution in [3.63, 3.8) is 0 Å². The molecule has 0 saturated carbocycles. The quantitative estimate of drug-likeness (QED) is 0.728. The molecule has 9 heteroatoms. The molecule has 0 unspecified atom stereocenters. The van der Waals surface area contributed by atoms with Gasteiger partial charge in [-0.25, -0.2) is 14.4 Å². The van der Waals surface area contributed by atoms with Crippen molar-refractivity contribution >= 4 is 11.9 Å². The lowest BCUT2D eigenvalue weighted by molar-refractivity contribution is -0.131. The Morgan fingerprint density at radius 3 is 2.76 bits per heavy atom. The maximum atomic E-state index is 13.0. The molecule has 160 valence electrons. The highest BCUT2D eigenvalue weighted by molar-refractivity contribution is 5.81. The van der Waals surface area contributed by atoms with Gasteiger partial charge in [0.15, 0.2) is 5.82 Å². The minimum atomic E-state index is -0.423. The molecule has 0 aliphatic carbocycles. The van der Waals surface area contributed by atoms with Crippen LogP contribution in [0, 0.1) is 5.82 Å². The Morgan fingerprint density at radius 2 is 2.03 bits per heavy atom. The minimum absolute atomic E-state index is 0.00815. The van der Waals surface area contributed by atoms with Crippen LogP contribution in [-0.4, -0.2) is 73.0 Å². The fraction of sp³-hybridized carbons (Fsp3) is 0.750. The van der Waals surface area contributed by atoms with E-state index < -0.39 is 5.82 Å². The number of carbonyl (C=O) groups is 1. The van der Waals surface area contributed by atoms with E-state index in [4.69, 9.17) is 9.47 Å². The van der Waals surface area contributed by atoms with Gasteiger partial charge in [-0.05, 0) is 45.1 Å². The van der Waals surface area contributed by atoms with Crippen molar-refractivity contribution in [3.05, 3.63) is 18.2 Å². The Labute approximate surface area is 170 Å². The third-order valence-electron chi connectivity index (χ3n) is 5.98. The van der Waals surface area contributed by atoms with E-state index in [0.29, 0.717) is 19.2 Å². The van der Waals surface area contributed by atoms with E-state index in [1.54, 1.807) is 0 Å². The zero-order chi connectivity index (χ0) is 20.1. The fourth-order valence-electron chi connectivity index (χ4n) is 4.29. The van der Waals surface area contributed by atoms with Crippen LogP contribution < -0.4 is 15.5 Å². The molecular formula is C20H30FN5O3. The fourth-order valence-corrected chi connectivity index (χ4v) is 4.29. The van der Waals surface area contributed by atoms with Crippen LogP contribution in [0.4, 0.5) is 10.3 Å². The molecule has 3 aliphatic heterocycles. The van der Waals surface area contributed by atoms with Crippen molar-refractivity contribution in [1.82, 2.24) is 20.6 Å². The molecule has 0 spiro atoms. The number of ether oxygens (including phenoxy) is 2. The molecule has 0 aromatic carbocycles. The molecule has 0 bridgehead atoms. The summed E-state index contributed by atoms with van der Waals surface area (Å²) in [6.45, 7) is 3.77. The molecule has 8 nitrogen and oxygen atoms in total. The van der Waals surface area contributed by atoms with Gasteiger partial charge in [0.25, 0.3) is 0 Å². The first kappa shape index (κ1) is 20.4. The number of nitrogens with zero attached hydrogens (tertiary/aromatic N) is 3. The molecule has 29 heavy (non-hydrogen) atoms. The van der Waals surface area contributed by atoms with Crippen LogP contribution in [0.3, 0.4) is 0 Å². The maximum absolute atomic E-state index is 13.0. The number of halogens is 1. The van der Waals surface area contributed by atoms with Gasteiger partial charge >= 0.3 is 0 Å². The highest BCUT2D eigenvalue weighted by atomic mass is 19.1. The standard InChI is InChI=1S/C20H30FN5O3/c21-14-11-23-20(24-12-14)26-8-5-15(6-9-26)29-13-17-16(3-1-7-22-17)25-19(27)18-4-2-10-28-18/h11-12,15-18,22H,1-10,13H2,(H,25,27)/t16-,17-,18+/m1/s1. The Balaban J connectivity index is 1.22. The Hall–Kier alpha value is -1.84. The van der Waals surface area contributed by atoms with E-state index in [1.807, 2.05) is 0 Å². The second kappa shape index (κ2) is 9.77. The van der Waals surface area contributed by atoms with Crippen molar-refractivity contribution in [3.8, 4) is 0 Å². The van der Waals surface area contributed by atoms with Crippen LogP contribution >= 0.6 is 0 Å². The maximum Gasteiger partial charge on any atom is 0.249 e. The largest absolute Gasteiger partial charge is 0.376 e. The molecular weight excluding hydrogens is 377 g/mol. The summed E-state index contributed by atoms with van der Waals surface area (Å²) in [6, 6.07) is 0.195. The topological polar surface area (TPSA) is 88.6 Å². The Morgan fingerprint density at radius 1 is 1.24 bits per heavy atom. The summed E-state index contributed by atoms with van der Waals surface area (Å²) in [5.41, 5.74) is 0. The van der Waals surface area contributed by atoms with Crippen molar-refractivity contribution in [1.29, 1.82) is 0 Å². The predicted octanol–water partition coefficient (Wildman–Crippen LogP) is 1.02. The molecule has 4 heterocycles. The molecule has 3 saturated heterocycles. The zero-order valence-corrected chi connectivity index (χ0v) is 16.7. The number of hydrogen-bond acceptors (Lipinski definition) is 7. The lowest BCUT2D eigenvalue weighted by atomic mass is 9.98. The normalized spacial score (nSPS) is 28.4. The summed E-state index contributed by atoms with van der Waals surface area (Å²) in [7, 11) is 0. The molecule has 4 rings (SSSR count). The van der Waals surface area contributed by atoms with Crippen molar-refractivity contribution < 1.29 is 18.7 Å². The predicted molar refractivity (Wildman–Crippen MR) is 105 cm³/mol. The number of amides is 1. The summed E-state index contributed by atoms with van der Waals surface area (Å²) in [6.07, 6.45) is 7.79. The zero-order valence-electron chi connectivity index (χ0n) is 16.7. The van der Waals surface area contributed by atoms with Gasteiger partial charge in [-0.3, -0.25) is 4.79 Å². The molecule has 3 aliphatic rings. The van der Waals surface area contributed by atoms with Gasteiger partial charge in [0, 0.05) is 25.7 Å². The highest BCUT2D eigenvalue weighted by Gasteiger charge is 2.31. The smallest absolute Gasteiger partial charge is 0.249 e. The van der Waals surface area contributed by atoms with Crippen LogP contribution in [0.1, 0.15) is 38.5 Å². The summed E-state index contributed by atoms with van der Waals surface area (Å²) < 4.78 is 24.7. The van der Waals surface area contributed by atoms with Gasteiger partial charge in [-0.15, -0.1) is 0 Å². The number of aromatic nitrogens is 2. The number of hydrogen-bond donors (Lipinski definition) is 2. The number of carbonyl (C=O) groups excluding carboxylic acids is 1. The average Bonchev–Trinajstić information content (AvgIpc) is 3.29. The van der Waals surface area contributed by atoms with Crippen molar-refractivity contribution in [2.45, 2.75) is 62.8 Å². The minimum Gasteiger partial charge on any atom is -0.376 e. The van der Waals surface area contributed by atoms with Crippen LogP contribution in [0.15, 0.2) is 12.4 Å². The second-order valence-electron chi connectivity index (χ2n) is 8.04. The van der Waals surface area contributed by atoms with E-state index in [0.717, 1.165) is 58.2 Å². The van der Waals surface area contributed by atoms with E-state index in [-0.39, 0.29) is 30.2 Å². The van der Waals surface area contributed by atoms with E-state index in [9.17, 15) is 9.18 Å². The lowest BCUT2D eigenvalue weighted by Crippen LogP contribution is -2.57. The molecule has 1 amide bonds. The SMILES string of the molecule is O=C(N[C@@H]1CCCN[C@@H]1COC1CCN(c2ncc(F)cn2)CC1)[C@@H]1CCCO1. The van der Waals surface area contributed by atoms with Crippen LogP contribution in [0.25, 0.3) is 0 Å². The first-order valence-electron chi connectivity index (χ1n) is 10.7. The van der Waals surface area contributed by atoms with Crippen LogP contribution in [0.2, 0.25) is 0 Å². The first-order chi connectivity index (χ1) is 14.2. The Bertz CT molecular complexity index is 663. The van der Waals surface area contributed by atoms with Gasteiger partial charge in [0.1, 0.15) is 6.10 Å². The molecule has 1 aromatic heterocycles. The van der Waals surface area contributed by atoms with Gasteiger partial charge in [0.05, 0.1) is 31.1 Å². The molecule has 0 radical (unpaired) electrons. The monoisotopic (exact) mass is 407 g/mol. The van der Waals surface area contributed by atoms with Gasteiger partial charge < -0.3 is 25.0 Å². The second-order valence-corrected chi connectivity index (χ2v) is 8.04. The van der Waals surface area contributed by atoms with E-state index in [1.165, 1.54) is 12.4 Å². The summed E-state index contributed by atoms with van der Waals surface area (Å²) in [4.78, 5) is 22.6. The average molecular weight is 407 g/mol. The van der Waals surface area contributed by atoms with E-state index >= 15 is 0 Å². The summed E-state index contributed by atoms with van der Waals surface area (Å²) in [5.74, 6) is 0.151. The van der Waals surface area contributed by atoms with Gasteiger partial charge in [-0.2, -0.15) is 0 Å². The molecule has 3 atom stereocenters. The summed E-state index contributed by atoms with van der Waals surface area (Å²) >= 11 is 0. The third kappa shape index (κ3) is 5.40. The molecule has 1 aromatic rings. The van der Waals surface area contributed by atoms with Crippen LogP contribution in [-0.2, 0) is 14.3 Å². The van der Waals surface area contributed by atoms with Crippen LogP contribution in [0.5, 0.6) is 0 Å². The number of anilines is 1. The van der Waals surface area contributed by atoms with Gasteiger partial charge in [0.2, 0.25) is 11.9 Å². The first-order valence-corrected chi connectivity index (χ1v) is 10.7. The third-order valence-corrected chi connectivity index (χ3v) is 5.98. The van der Waals surface area contributed by atoms with E-state index in [2.05, 4.69) is 25.5 Å². The molecule has 3 fully saturated rings. The Kier molecular flexibility index (Phi) is 6.89. The lowest BCUT2D eigenvalue weighted by Gasteiger charge is -2.36. The van der Waals surface area contributed by atoms with Gasteiger partial charge in [-0.1, -0.05) is 0 Å². The van der Waals surface area contributed by atoms with Crippen molar-refractivity contribution in [2.75, 3.05) is 37.7 Å².